The summed E-state index contributed by atoms with van der Waals surface area (Å²) in [4.78, 5) is 2.43. The molecule has 0 bridgehead atoms. The van der Waals surface area contributed by atoms with Gasteiger partial charge in [-0.05, 0) is 26.8 Å². The highest BCUT2D eigenvalue weighted by molar-refractivity contribution is 7.98. The third kappa shape index (κ3) is 4.31. The fourth-order valence-electron chi connectivity index (χ4n) is 2.24. The lowest BCUT2D eigenvalue weighted by Crippen LogP contribution is -2.43. The molecule has 4 heteroatoms. The summed E-state index contributed by atoms with van der Waals surface area (Å²) in [5.41, 5.74) is 0.349. The second-order valence-electron chi connectivity index (χ2n) is 4.56. The van der Waals surface area contributed by atoms with E-state index in [1.807, 2.05) is 18.8 Å². The molecular formula is C11H24N2OS. The molecule has 1 atom stereocenters. The molecule has 0 aromatic rings. The molecule has 15 heavy (non-hydrogen) atoms. The van der Waals surface area contributed by atoms with Crippen molar-refractivity contribution >= 4 is 11.8 Å². The van der Waals surface area contributed by atoms with Gasteiger partial charge in [-0.3, -0.25) is 0 Å². The molecule has 0 amide bonds. The van der Waals surface area contributed by atoms with Gasteiger partial charge in [-0.2, -0.15) is 11.8 Å². The molecule has 1 unspecified atom stereocenters. The first kappa shape index (κ1) is 13.3. The first-order valence-corrected chi connectivity index (χ1v) is 7.02. The Morgan fingerprint density at radius 1 is 1.53 bits per heavy atom. The number of nitrogens with one attached hydrogen (secondary N) is 1. The van der Waals surface area contributed by atoms with Crippen LogP contribution >= 0.6 is 11.8 Å². The summed E-state index contributed by atoms with van der Waals surface area (Å²) in [6.07, 6.45) is 3.35. The summed E-state index contributed by atoms with van der Waals surface area (Å²) in [7, 11) is 4.24. The zero-order valence-corrected chi connectivity index (χ0v) is 11.0. The van der Waals surface area contributed by atoms with Gasteiger partial charge >= 0.3 is 0 Å². The van der Waals surface area contributed by atoms with E-state index >= 15 is 0 Å². The molecule has 1 aliphatic heterocycles. The van der Waals surface area contributed by atoms with Gasteiger partial charge in [0.1, 0.15) is 0 Å². The molecular weight excluding hydrogens is 208 g/mol. The van der Waals surface area contributed by atoms with Gasteiger partial charge in [-0.1, -0.05) is 0 Å². The van der Waals surface area contributed by atoms with Gasteiger partial charge in [0, 0.05) is 37.4 Å². The van der Waals surface area contributed by atoms with Gasteiger partial charge in [-0.25, -0.2) is 0 Å². The second kappa shape index (κ2) is 6.74. The van der Waals surface area contributed by atoms with Crippen LogP contribution in [0.5, 0.6) is 0 Å². The van der Waals surface area contributed by atoms with Crippen LogP contribution in [0.3, 0.4) is 0 Å². The van der Waals surface area contributed by atoms with Crippen LogP contribution in [-0.2, 0) is 4.74 Å². The van der Waals surface area contributed by atoms with Crippen molar-refractivity contribution in [2.75, 3.05) is 59.0 Å². The third-order valence-corrected chi connectivity index (χ3v) is 3.61. The van der Waals surface area contributed by atoms with E-state index in [0.717, 1.165) is 26.3 Å². The molecule has 0 aromatic carbocycles. The lowest BCUT2D eigenvalue weighted by atomic mass is 9.86. The van der Waals surface area contributed by atoms with Crippen LogP contribution < -0.4 is 5.32 Å². The number of nitrogens with zero attached hydrogens (tertiary/aromatic N) is 1. The van der Waals surface area contributed by atoms with Crippen molar-refractivity contribution < 1.29 is 4.74 Å². The van der Waals surface area contributed by atoms with Crippen LogP contribution in [0, 0.1) is 5.41 Å². The van der Waals surface area contributed by atoms with Crippen LogP contribution in [0.2, 0.25) is 0 Å². The predicted octanol–water partition coefficient (Wildman–Crippen LogP) is 0.907. The highest BCUT2D eigenvalue weighted by atomic mass is 32.2. The minimum absolute atomic E-state index is 0.349. The van der Waals surface area contributed by atoms with Gasteiger partial charge < -0.3 is 15.0 Å². The summed E-state index contributed by atoms with van der Waals surface area (Å²) in [5.74, 6) is 1.22. The summed E-state index contributed by atoms with van der Waals surface area (Å²) < 4.78 is 5.55. The van der Waals surface area contributed by atoms with E-state index in [4.69, 9.17) is 4.74 Å². The first-order valence-electron chi connectivity index (χ1n) is 5.62. The van der Waals surface area contributed by atoms with Crippen LogP contribution in [0.25, 0.3) is 0 Å². The monoisotopic (exact) mass is 232 g/mol. The average molecular weight is 232 g/mol. The Labute approximate surface area is 97.9 Å². The summed E-state index contributed by atoms with van der Waals surface area (Å²) in [5, 5.41) is 3.30. The van der Waals surface area contributed by atoms with Crippen LogP contribution in [0.1, 0.15) is 6.42 Å². The van der Waals surface area contributed by atoms with Crippen molar-refractivity contribution in [1.29, 1.82) is 0 Å². The molecule has 90 valence electrons. The topological polar surface area (TPSA) is 24.5 Å². The Kier molecular flexibility index (Phi) is 5.97. The average Bonchev–Trinajstić information content (AvgIpc) is 2.64. The molecule has 3 nitrogen and oxygen atoms in total. The zero-order chi connectivity index (χ0) is 11.1. The van der Waals surface area contributed by atoms with Crippen molar-refractivity contribution in [3.63, 3.8) is 0 Å². The van der Waals surface area contributed by atoms with Crippen molar-refractivity contribution in [3.05, 3.63) is 0 Å². The fraction of sp³-hybridized carbons (Fsp3) is 1.00. The maximum atomic E-state index is 5.55. The largest absolute Gasteiger partial charge is 0.381 e. The molecule has 1 saturated heterocycles. The van der Waals surface area contributed by atoms with Crippen molar-refractivity contribution in [3.8, 4) is 0 Å². The lowest BCUT2D eigenvalue weighted by molar-refractivity contribution is 0.123. The van der Waals surface area contributed by atoms with E-state index in [9.17, 15) is 0 Å². The van der Waals surface area contributed by atoms with Crippen LogP contribution in [0.4, 0.5) is 0 Å². The molecule has 1 fully saturated rings. The molecule has 1 N–H and O–H groups in total. The Bertz CT molecular complexity index is 172. The molecule has 0 aliphatic carbocycles. The second-order valence-corrected chi connectivity index (χ2v) is 5.55. The SMILES string of the molecule is CNCC1(CN(C)CCSC)CCOC1. The van der Waals surface area contributed by atoms with E-state index in [1.54, 1.807) is 0 Å². The maximum Gasteiger partial charge on any atom is 0.0547 e. The number of rotatable bonds is 7. The molecule has 1 rings (SSSR count). The third-order valence-electron chi connectivity index (χ3n) is 3.02. The van der Waals surface area contributed by atoms with Gasteiger partial charge in [0.25, 0.3) is 0 Å². The minimum atomic E-state index is 0.349. The van der Waals surface area contributed by atoms with E-state index in [2.05, 4.69) is 23.5 Å². The van der Waals surface area contributed by atoms with Gasteiger partial charge in [0.05, 0.1) is 6.61 Å². The van der Waals surface area contributed by atoms with E-state index in [0.29, 0.717) is 5.41 Å². The Balaban J connectivity index is 2.36. The number of thioether (sulfide) groups is 1. The van der Waals surface area contributed by atoms with E-state index in [1.165, 1.54) is 18.7 Å². The Morgan fingerprint density at radius 2 is 2.33 bits per heavy atom. The van der Waals surface area contributed by atoms with Crippen LogP contribution in [-0.4, -0.2) is 63.9 Å². The molecule has 0 aromatic heterocycles. The number of hydrogen-bond donors (Lipinski definition) is 1. The van der Waals surface area contributed by atoms with Crippen molar-refractivity contribution in [2.45, 2.75) is 6.42 Å². The first-order chi connectivity index (χ1) is 7.22. The van der Waals surface area contributed by atoms with Gasteiger partial charge in [-0.15, -0.1) is 0 Å². The maximum absolute atomic E-state index is 5.55. The summed E-state index contributed by atoms with van der Waals surface area (Å²) >= 11 is 1.91. The summed E-state index contributed by atoms with van der Waals surface area (Å²) in [6, 6.07) is 0. The molecule has 1 heterocycles. The number of hydrogen-bond acceptors (Lipinski definition) is 4. The lowest BCUT2D eigenvalue weighted by Gasteiger charge is -2.32. The molecule has 0 spiro atoms. The normalized spacial score (nSPS) is 26.4. The minimum Gasteiger partial charge on any atom is -0.381 e. The van der Waals surface area contributed by atoms with Crippen molar-refractivity contribution in [1.82, 2.24) is 10.2 Å². The Morgan fingerprint density at radius 3 is 2.87 bits per heavy atom. The highest BCUT2D eigenvalue weighted by Gasteiger charge is 2.35. The van der Waals surface area contributed by atoms with Crippen molar-refractivity contribution in [2.24, 2.45) is 5.41 Å². The van der Waals surface area contributed by atoms with Gasteiger partial charge in [0.15, 0.2) is 0 Å². The predicted molar refractivity (Wildman–Crippen MR) is 67.7 cm³/mol. The standard InChI is InChI=1S/C11H24N2OS/c1-12-8-11(4-6-14-10-11)9-13(2)5-7-15-3/h12H,4-10H2,1-3H3. The quantitative estimate of drug-likeness (QED) is 0.705. The Hall–Kier alpha value is 0.230. The smallest absolute Gasteiger partial charge is 0.0547 e. The van der Waals surface area contributed by atoms with E-state index in [-0.39, 0.29) is 0 Å². The fourth-order valence-corrected chi connectivity index (χ4v) is 2.74. The summed E-state index contributed by atoms with van der Waals surface area (Å²) in [6.45, 7) is 5.23. The van der Waals surface area contributed by atoms with Gasteiger partial charge in [0.2, 0.25) is 0 Å². The number of ether oxygens (including phenoxy) is 1. The van der Waals surface area contributed by atoms with E-state index < -0.39 is 0 Å². The molecule has 0 saturated carbocycles. The molecule has 1 aliphatic rings. The molecule has 0 radical (unpaired) electrons. The highest BCUT2D eigenvalue weighted by Crippen LogP contribution is 2.28. The van der Waals surface area contributed by atoms with Crippen LogP contribution in [0.15, 0.2) is 0 Å². The zero-order valence-electron chi connectivity index (χ0n) is 10.2.